The molecular weight excluding hydrogens is 278 g/mol. The first kappa shape index (κ1) is 14.7. The Morgan fingerprint density at radius 3 is 2.64 bits per heavy atom. The van der Waals surface area contributed by atoms with Crippen molar-refractivity contribution in [2.24, 2.45) is 5.92 Å². The summed E-state index contributed by atoms with van der Waals surface area (Å²) in [4.78, 5) is 18.4. The maximum atomic E-state index is 12.1. The summed E-state index contributed by atoms with van der Waals surface area (Å²) in [7, 11) is 0. The maximum absolute atomic E-state index is 12.1. The van der Waals surface area contributed by atoms with Crippen LogP contribution in [-0.4, -0.2) is 32.8 Å². The topological polar surface area (TPSA) is 63.9 Å². The molecule has 1 aliphatic heterocycles. The maximum Gasteiger partial charge on any atom is 0.256 e. The second kappa shape index (κ2) is 6.25. The van der Waals surface area contributed by atoms with Crippen molar-refractivity contribution >= 4 is 5.82 Å². The standard InChI is InChI=1S/C16H21N5O/c1-12-9-17-11-21(16(12)22)10-14-5-7-20(8-6-14)15-4-3-13(2)18-19-15/h3-4,9,11,14H,5-8,10H2,1-2H3. The lowest BCUT2D eigenvalue weighted by Gasteiger charge is -2.32. The molecule has 0 amide bonds. The van der Waals surface area contributed by atoms with E-state index in [1.165, 1.54) is 0 Å². The van der Waals surface area contributed by atoms with Crippen LogP contribution in [0.5, 0.6) is 0 Å². The number of aryl methyl sites for hydroxylation is 2. The largest absolute Gasteiger partial charge is 0.355 e. The van der Waals surface area contributed by atoms with Crippen LogP contribution in [0, 0.1) is 19.8 Å². The van der Waals surface area contributed by atoms with Crippen LogP contribution in [0.3, 0.4) is 0 Å². The van der Waals surface area contributed by atoms with E-state index in [2.05, 4.69) is 20.1 Å². The summed E-state index contributed by atoms with van der Waals surface area (Å²) < 4.78 is 1.74. The molecule has 2 aromatic heterocycles. The zero-order chi connectivity index (χ0) is 15.5. The highest BCUT2D eigenvalue weighted by Crippen LogP contribution is 2.22. The Morgan fingerprint density at radius 2 is 1.95 bits per heavy atom. The molecule has 0 radical (unpaired) electrons. The minimum absolute atomic E-state index is 0.0711. The SMILES string of the molecule is Cc1ccc(N2CCC(Cn3cncc(C)c3=O)CC2)nn1. The molecule has 0 aliphatic carbocycles. The van der Waals surface area contributed by atoms with Crippen molar-refractivity contribution < 1.29 is 0 Å². The summed E-state index contributed by atoms with van der Waals surface area (Å²) in [5.41, 5.74) is 1.71. The second-order valence-corrected chi connectivity index (χ2v) is 6.00. The van der Waals surface area contributed by atoms with Gasteiger partial charge in [-0.05, 0) is 44.7 Å². The Kier molecular flexibility index (Phi) is 4.18. The van der Waals surface area contributed by atoms with Crippen LogP contribution in [0.2, 0.25) is 0 Å². The number of anilines is 1. The highest BCUT2D eigenvalue weighted by molar-refractivity contribution is 5.37. The number of rotatable bonds is 3. The Labute approximate surface area is 129 Å². The van der Waals surface area contributed by atoms with E-state index in [1.54, 1.807) is 17.1 Å². The van der Waals surface area contributed by atoms with Gasteiger partial charge in [-0.1, -0.05) is 0 Å². The molecule has 116 valence electrons. The van der Waals surface area contributed by atoms with Gasteiger partial charge in [0.15, 0.2) is 5.82 Å². The first-order valence-electron chi connectivity index (χ1n) is 7.70. The number of hydrogen-bond donors (Lipinski definition) is 0. The molecule has 6 nitrogen and oxygen atoms in total. The normalized spacial score (nSPS) is 16.0. The van der Waals surface area contributed by atoms with Crippen LogP contribution < -0.4 is 10.5 Å². The van der Waals surface area contributed by atoms with Crippen molar-refractivity contribution in [3.8, 4) is 0 Å². The predicted molar refractivity (Wildman–Crippen MR) is 84.9 cm³/mol. The zero-order valence-electron chi connectivity index (χ0n) is 13.1. The third-order valence-electron chi connectivity index (χ3n) is 4.25. The van der Waals surface area contributed by atoms with Crippen molar-refractivity contribution in [1.82, 2.24) is 19.7 Å². The van der Waals surface area contributed by atoms with E-state index in [4.69, 9.17) is 0 Å². The molecule has 0 bridgehead atoms. The van der Waals surface area contributed by atoms with E-state index < -0.39 is 0 Å². The number of hydrogen-bond acceptors (Lipinski definition) is 5. The monoisotopic (exact) mass is 299 g/mol. The molecule has 0 aromatic carbocycles. The Bertz CT molecular complexity index is 686. The predicted octanol–water partition coefficient (Wildman–Crippen LogP) is 1.57. The van der Waals surface area contributed by atoms with Crippen molar-refractivity contribution in [3.05, 3.63) is 46.3 Å². The van der Waals surface area contributed by atoms with Gasteiger partial charge in [0.25, 0.3) is 5.56 Å². The minimum atomic E-state index is 0.0711. The third-order valence-corrected chi connectivity index (χ3v) is 4.25. The molecule has 22 heavy (non-hydrogen) atoms. The van der Waals surface area contributed by atoms with Gasteiger partial charge in [0.05, 0.1) is 12.0 Å². The van der Waals surface area contributed by atoms with Crippen molar-refractivity contribution in [1.29, 1.82) is 0 Å². The van der Waals surface area contributed by atoms with Gasteiger partial charge in [-0.15, -0.1) is 5.10 Å². The quantitative estimate of drug-likeness (QED) is 0.860. The van der Waals surface area contributed by atoms with Crippen LogP contribution >= 0.6 is 0 Å². The third kappa shape index (κ3) is 3.16. The molecular formula is C16H21N5O. The van der Waals surface area contributed by atoms with Crippen LogP contribution in [0.4, 0.5) is 5.82 Å². The van der Waals surface area contributed by atoms with Crippen LogP contribution in [-0.2, 0) is 6.54 Å². The summed E-state index contributed by atoms with van der Waals surface area (Å²) in [6.45, 7) is 6.41. The van der Waals surface area contributed by atoms with Gasteiger partial charge in [-0.3, -0.25) is 9.36 Å². The van der Waals surface area contributed by atoms with Gasteiger partial charge in [0, 0.05) is 31.4 Å². The van der Waals surface area contributed by atoms with Gasteiger partial charge >= 0.3 is 0 Å². The lowest BCUT2D eigenvalue weighted by Crippen LogP contribution is -2.37. The van der Waals surface area contributed by atoms with Gasteiger partial charge < -0.3 is 4.90 Å². The molecule has 0 unspecified atom stereocenters. The fraction of sp³-hybridized carbons (Fsp3) is 0.500. The lowest BCUT2D eigenvalue weighted by molar-refractivity contribution is 0.349. The summed E-state index contributed by atoms with van der Waals surface area (Å²) in [6.07, 6.45) is 5.37. The molecule has 0 atom stereocenters. The number of aromatic nitrogens is 4. The fourth-order valence-electron chi connectivity index (χ4n) is 2.87. The Morgan fingerprint density at radius 1 is 1.18 bits per heavy atom. The van der Waals surface area contributed by atoms with E-state index in [-0.39, 0.29) is 5.56 Å². The Hall–Kier alpha value is -2.24. The van der Waals surface area contributed by atoms with E-state index in [0.29, 0.717) is 11.5 Å². The van der Waals surface area contributed by atoms with Crippen LogP contribution in [0.1, 0.15) is 24.1 Å². The smallest absolute Gasteiger partial charge is 0.256 e. The molecule has 0 saturated carbocycles. The number of nitrogens with zero attached hydrogens (tertiary/aromatic N) is 5. The van der Waals surface area contributed by atoms with Gasteiger partial charge in [-0.2, -0.15) is 5.10 Å². The summed E-state index contributed by atoms with van der Waals surface area (Å²) in [5.74, 6) is 1.45. The lowest BCUT2D eigenvalue weighted by atomic mass is 9.96. The Balaban J connectivity index is 1.61. The number of piperidine rings is 1. The molecule has 3 heterocycles. The van der Waals surface area contributed by atoms with Crippen molar-refractivity contribution in [3.63, 3.8) is 0 Å². The average molecular weight is 299 g/mol. The van der Waals surface area contributed by atoms with Crippen LogP contribution in [0.15, 0.2) is 29.5 Å². The van der Waals surface area contributed by atoms with E-state index >= 15 is 0 Å². The van der Waals surface area contributed by atoms with Gasteiger partial charge in [0.2, 0.25) is 0 Å². The zero-order valence-corrected chi connectivity index (χ0v) is 13.1. The van der Waals surface area contributed by atoms with E-state index in [1.807, 2.05) is 26.0 Å². The first-order chi connectivity index (χ1) is 10.6. The molecule has 0 N–H and O–H groups in total. The highest BCUT2D eigenvalue weighted by atomic mass is 16.1. The summed E-state index contributed by atoms with van der Waals surface area (Å²) in [5, 5.41) is 8.36. The van der Waals surface area contributed by atoms with Crippen molar-refractivity contribution in [2.75, 3.05) is 18.0 Å². The molecule has 0 spiro atoms. The fourth-order valence-corrected chi connectivity index (χ4v) is 2.87. The summed E-state index contributed by atoms with van der Waals surface area (Å²) in [6, 6.07) is 4.02. The molecule has 1 saturated heterocycles. The van der Waals surface area contributed by atoms with Gasteiger partial charge in [-0.25, -0.2) is 4.98 Å². The van der Waals surface area contributed by atoms with E-state index in [9.17, 15) is 4.79 Å². The molecule has 1 aliphatic rings. The first-order valence-corrected chi connectivity index (χ1v) is 7.70. The molecule has 2 aromatic rings. The molecule has 3 rings (SSSR count). The van der Waals surface area contributed by atoms with E-state index in [0.717, 1.165) is 44.0 Å². The molecule has 6 heteroatoms. The highest BCUT2D eigenvalue weighted by Gasteiger charge is 2.21. The second-order valence-electron chi connectivity index (χ2n) is 6.00. The van der Waals surface area contributed by atoms with Crippen LogP contribution in [0.25, 0.3) is 0 Å². The van der Waals surface area contributed by atoms with Gasteiger partial charge in [0.1, 0.15) is 0 Å². The minimum Gasteiger partial charge on any atom is -0.355 e. The average Bonchev–Trinajstić information content (AvgIpc) is 2.53. The summed E-state index contributed by atoms with van der Waals surface area (Å²) >= 11 is 0. The molecule has 1 fully saturated rings. The van der Waals surface area contributed by atoms with Crippen molar-refractivity contribution in [2.45, 2.75) is 33.2 Å².